The number of nitrogens with one attached hydrogen (secondary N) is 1. The van der Waals surface area contributed by atoms with E-state index in [0.29, 0.717) is 14.5 Å². The van der Waals surface area contributed by atoms with E-state index >= 15 is 0 Å². The topological polar surface area (TPSA) is 15.8 Å². The van der Waals surface area contributed by atoms with Crippen LogP contribution in [-0.4, -0.2) is 19.5 Å². The summed E-state index contributed by atoms with van der Waals surface area (Å²) in [6.07, 6.45) is 0. The molecule has 1 aromatic carbocycles. The summed E-state index contributed by atoms with van der Waals surface area (Å²) in [5, 5.41) is 0. The van der Waals surface area contributed by atoms with Crippen molar-refractivity contribution in [2.24, 2.45) is 0 Å². The van der Waals surface area contributed by atoms with E-state index < -0.39 is 0 Å². The fraction of sp³-hybridized carbons (Fsp3) is 0. The maximum atomic E-state index is 5.04. The third-order valence-corrected chi connectivity index (χ3v) is 3.67. The Balaban J connectivity index is 3.01. The van der Waals surface area contributed by atoms with Crippen LogP contribution < -0.4 is 0 Å². The van der Waals surface area contributed by atoms with Crippen LogP contribution in [0.25, 0.3) is 9.78 Å². The van der Waals surface area contributed by atoms with Crippen LogP contribution in [0.5, 0.6) is 0 Å². The standard InChI is InChI=1S/C7H5NSSe/c9-7-8-5-3-1-2-4-6(5)10-7/h1-4H,(H,8,9). The molecule has 0 amide bonds. The Morgan fingerprint density at radius 1 is 1.30 bits per heavy atom. The first-order valence-corrected chi connectivity index (χ1v) is 5.06. The van der Waals surface area contributed by atoms with Crippen molar-refractivity contribution in [2.75, 3.05) is 0 Å². The van der Waals surface area contributed by atoms with Gasteiger partial charge < -0.3 is 0 Å². The predicted octanol–water partition coefficient (Wildman–Crippen LogP) is 1.95. The maximum absolute atomic E-state index is 5.04. The molecule has 0 radical (unpaired) electrons. The molecular weight excluding hydrogens is 209 g/mol. The quantitative estimate of drug-likeness (QED) is 0.523. The molecule has 2 rings (SSSR count). The zero-order chi connectivity index (χ0) is 6.97. The van der Waals surface area contributed by atoms with Gasteiger partial charge in [0.1, 0.15) is 0 Å². The van der Waals surface area contributed by atoms with Crippen molar-refractivity contribution in [3.63, 3.8) is 0 Å². The van der Waals surface area contributed by atoms with Gasteiger partial charge in [-0.05, 0) is 0 Å². The van der Waals surface area contributed by atoms with Gasteiger partial charge in [0.25, 0.3) is 0 Å². The third kappa shape index (κ3) is 0.966. The molecule has 0 fully saturated rings. The van der Waals surface area contributed by atoms with Crippen molar-refractivity contribution >= 4 is 36.5 Å². The number of rotatable bonds is 0. The first-order chi connectivity index (χ1) is 4.86. The summed E-state index contributed by atoms with van der Waals surface area (Å²) in [5.74, 6) is 0. The number of H-pyrrole nitrogens is 1. The van der Waals surface area contributed by atoms with Crippen molar-refractivity contribution in [1.29, 1.82) is 0 Å². The van der Waals surface area contributed by atoms with Crippen LogP contribution in [0.3, 0.4) is 0 Å². The van der Waals surface area contributed by atoms with Gasteiger partial charge >= 0.3 is 69.3 Å². The molecule has 0 spiro atoms. The second kappa shape index (κ2) is 2.35. The number of benzene rings is 1. The zero-order valence-corrected chi connectivity index (χ0v) is 7.66. The first kappa shape index (κ1) is 6.35. The molecule has 0 aliphatic carbocycles. The van der Waals surface area contributed by atoms with Crippen LogP contribution in [0.1, 0.15) is 0 Å². The van der Waals surface area contributed by atoms with Crippen molar-refractivity contribution in [3.05, 3.63) is 27.8 Å². The number of para-hydroxylation sites is 1. The van der Waals surface area contributed by atoms with Crippen molar-refractivity contribution < 1.29 is 0 Å². The fourth-order valence-electron chi connectivity index (χ4n) is 0.894. The van der Waals surface area contributed by atoms with Gasteiger partial charge in [-0.3, -0.25) is 0 Å². The van der Waals surface area contributed by atoms with Gasteiger partial charge in [-0.25, -0.2) is 0 Å². The Labute approximate surface area is 69.4 Å². The van der Waals surface area contributed by atoms with Crippen LogP contribution in [0, 0.1) is 3.51 Å². The Hall–Kier alpha value is -0.371. The van der Waals surface area contributed by atoms with Crippen LogP contribution in [0.2, 0.25) is 0 Å². The van der Waals surface area contributed by atoms with Crippen LogP contribution >= 0.6 is 12.2 Å². The van der Waals surface area contributed by atoms with Crippen molar-refractivity contribution in [3.8, 4) is 0 Å². The number of aromatic nitrogens is 1. The summed E-state index contributed by atoms with van der Waals surface area (Å²) in [5.41, 5.74) is 1.20. The number of aromatic amines is 1. The molecule has 0 aliphatic heterocycles. The summed E-state index contributed by atoms with van der Waals surface area (Å²) in [7, 11) is 0. The molecule has 10 heavy (non-hydrogen) atoms. The van der Waals surface area contributed by atoms with Crippen LogP contribution in [0.4, 0.5) is 0 Å². The summed E-state index contributed by atoms with van der Waals surface area (Å²) < 4.78 is 2.37. The van der Waals surface area contributed by atoms with Gasteiger partial charge in [0.15, 0.2) is 0 Å². The monoisotopic (exact) mass is 215 g/mol. The van der Waals surface area contributed by atoms with E-state index in [-0.39, 0.29) is 0 Å². The first-order valence-electron chi connectivity index (χ1n) is 2.94. The molecule has 1 nitrogen and oxygen atoms in total. The predicted molar refractivity (Wildman–Crippen MR) is 46.1 cm³/mol. The van der Waals surface area contributed by atoms with E-state index in [1.54, 1.807) is 0 Å². The van der Waals surface area contributed by atoms with Gasteiger partial charge in [0, 0.05) is 0 Å². The fourth-order valence-corrected chi connectivity index (χ4v) is 3.02. The molecule has 0 atom stereocenters. The number of fused-ring (bicyclic) bond motifs is 1. The van der Waals surface area contributed by atoms with Crippen LogP contribution in [0.15, 0.2) is 24.3 Å². The molecule has 0 bridgehead atoms. The minimum atomic E-state index is 0.381. The molecule has 0 saturated heterocycles. The van der Waals surface area contributed by atoms with Crippen molar-refractivity contribution in [1.82, 2.24) is 4.98 Å². The molecule has 1 N–H and O–H groups in total. The normalized spacial score (nSPS) is 10.4. The minimum absolute atomic E-state index is 0.381. The molecule has 2 aromatic rings. The van der Waals surface area contributed by atoms with Gasteiger partial charge in [0.2, 0.25) is 0 Å². The Kier molecular flexibility index (Phi) is 1.49. The average molecular weight is 214 g/mol. The van der Waals surface area contributed by atoms with Gasteiger partial charge in [0.05, 0.1) is 0 Å². The number of hydrogen-bond acceptors (Lipinski definition) is 1. The van der Waals surface area contributed by atoms with Crippen molar-refractivity contribution in [2.45, 2.75) is 0 Å². The van der Waals surface area contributed by atoms with E-state index in [1.807, 2.05) is 6.07 Å². The molecule has 0 unspecified atom stereocenters. The number of hydrogen-bond donors (Lipinski definition) is 1. The Morgan fingerprint density at radius 3 is 2.90 bits per heavy atom. The SMILES string of the molecule is S=c1[nH]c2ccccc2[se]1. The molecule has 0 saturated carbocycles. The zero-order valence-electron chi connectivity index (χ0n) is 5.13. The summed E-state index contributed by atoms with van der Waals surface area (Å²) >= 11 is 5.42. The summed E-state index contributed by atoms with van der Waals surface area (Å²) in [6, 6.07) is 8.27. The van der Waals surface area contributed by atoms with Gasteiger partial charge in [-0.15, -0.1) is 0 Å². The van der Waals surface area contributed by atoms with E-state index in [0.717, 1.165) is 3.51 Å². The van der Waals surface area contributed by atoms with Crippen LogP contribution in [-0.2, 0) is 0 Å². The van der Waals surface area contributed by atoms with Gasteiger partial charge in [-0.1, -0.05) is 0 Å². The average Bonchev–Trinajstić information content (AvgIpc) is 2.27. The molecule has 50 valence electrons. The second-order valence-corrected chi connectivity index (χ2v) is 5.21. The Bertz CT molecular complexity index is 365. The van der Waals surface area contributed by atoms with E-state index in [4.69, 9.17) is 12.2 Å². The second-order valence-electron chi connectivity index (χ2n) is 2.01. The van der Waals surface area contributed by atoms with E-state index in [2.05, 4.69) is 23.2 Å². The molecule has 1 heterocycles. The van der Waals surface area contributed by atoms with E-state index in [1.165, 1.54) is 9.78 Å². The van der Waals surface area contributed by atoms with E-state index in [9.17, 15) is 0 Å². The van der Waals surface area contributed by atoms with Gasteiger partial charge in [-0.2, -0.15) is 0 Å². The summed E-state index contributed by atoms with van der Waals surface area (Å²) in [4.78, 5) is 3.16. The third-order valence-electron chi connectivity index (χ3n) is 1.33. The summed E-state index contributed by atoms with van der Waals surface area (Å²) in [6.45, 7) is 0. The Morgan fingerprint density at radius 2 is 2.10 bits per heavy atom. The molecule has 0 aliphatic rings. The molecular formula is C7H5NSSe. The molecule has 1 aromatic heterocycles. The molecule has 3 heteroatoms.